The summed E-state index contributed by atoms with van der Waals surface area (Å²) in [7, 11) is 0. The number of nitro groups is 1. The lowest BCUT2D eigenvalue weighted by molar-refractivity contribution is -0.383. The molecule has 0 saturated carbocycles. The van der Waals surface area contributed by atoms with Crippen LogP contribution >= 0.6 is 0 Å². The van der Waals surface area contributed by atoms with Crippen molar-refractivity contribution in [2.75, 3.05) is 17.6 Å². The monoisotopic (exact) mass is 247 g/mol. The number of halogens is 2. The van der Waals surface area contributed by atoms with E-state index in [4.69, 9.17) is 10.8 Å². The van der Waals surface area contributed by atoms with Gasteiger partial charge in [-0.15, -0.1) is 0 Å². The van der Waals surface area contributed by atoms with E-state index in [2.05, 4.69) is 5.32 Å². The van der Waals surface area contributed by atoms with E-state index in [0.717, 1.165) is 6.07 Å². The Bertz CT molecular complexity index is 414. The molecule has 1 aromatic carbocycles. The lowest BCUT2D eigenvalue weighted by atomic mass is 10.2. The summed E-state index contributed by atoms with van der Waals surface area (Å²) in [5.74, 6) is 0. The number of aliphatic hydroxyl groups excluding tert-OH is 1. The molecule has 0 aliphatic rings. The van der Waals surface area contributed by atoms with Crippen molar-refractivity contribution in [1.29, 1.82) is 0 Å². The molecule has 4 N–H and O–H groups in total. The lowest BCUT2D eigenvalue weighted by Crippen LogP contribution is -2.26. The Morgan fingerprint density at radius 3 is 2.65 bits per heavy atom. The molecule has 8 heteroatoms. The molecule has 0 spiro atoms. The van der Waals surface area contributed by atoms with Crippen LogP contribution in [0.15, 0.2) is 18.2 Å². The molecule has 1 rings (SSSR count). The first kappa shape index (κ1) is 13.1. The van der Waals surface area contributed by atoms with Crippen LogP contribution in [0, 0.1) is 10.1 Å². The minimum Gasteiger partial charge on any atom is -0.393 e. The maximum absolute atomic E-state index is 12.0. The van der Waals surface area contributed by atoms with Gasteiger partial charge in [-0.05, 0) is 12.1 Å². The largest absolute Gasteiger partial charge is 0.393 e. The van der Waals surface area contributed by atoms with E-state index in [1.54, 1.807) is 0 Å². The lowest BCUT2D eigenvalue weighted by Gasteiger charge is -2.11. The highest BCUT2D eigenvalue weighted by molar-refractivity contribution is 5.65. The van der Waals surface area contributed by atoms with Gasteiger partial charge in [-0.1, -0.05) is 0 Å². The van der Waals surface area contributed by atoms with Crippen LogP contribution in [0.2, 0.25) is 0 Å². The molecule has 17 heavy (non-hydrogen) atoms. The second-order valence-electron chi connectivity index (χ2n) is 3.31. The first-order valence-electron chi connectivity index (χ1n) is 4.66. The maximum atomic E-state index is 12.0. The van der Waals surface area contributed by atoms with Crippen molar-refractivity contribution in [1.82, 2.24) is 0 Å². The predicted molar refractivity (Wildman–Crippen MR) is 58.0 cm³/mol. The number of hydrogen-bond donors (Lipinski definition) is 3. The Balaban J connectivity index is 2.68. The number of rotatable bonds is 5. The van der Waals surface area contributed by atoms with Crippen LogP contribution in [-0.2, 0) is 0 Å². The number of alkyl halides is 2. The smallest absolute Gasteiger partial charge is 0.292 e. The number of nitrogens with zero attached hydrogens (tertiary/aromatic N) is 1. The highest BCUT2D eigenvalue weighted by Crippen LogP contribution is 2.24. The van der Waals surface area contributed by atoms with Gasteiger partial charge in [-0.25, -0.2) is 8.78 Å². The summed E-state index contributed by atoms with van der Waals surface area (Å²) < 4.78 is 24.0. The van der Waals surface area contributed by atoms with Gasteiger partial charge >= 0.3 is 0 Å². The zero-order valence-corrected chi connectivity index (χ0v) is 8.64. The van der Waals surface area contributed by atoms with Crippen LogP contribution in [-0.4, -0.2) is 29.1 Å². The van der Waals surface area contributed by atoms with Crippen molar-refractivity contribution in [2.24, 2.45) is 0 Å². The van der Waals surface area contributed by atoms with Crippen molar-refractivity contribution in [3.63, 3.8) is 0 Å². The van der Waals surface area contributed by atoms with E-state index in [9.17, 15) is 18.9 Å². The molecular formula is C9H11F2N3O3. The van der Waals surface area contributed by atoms with Crippen LogP contribution in [0.5, 0.6) is 0 Å². The quantitative estimate of drug-likeness (QED) is 0.412. The zero-order chi connectivity index (χ0) is 13.0. The molecule has 0 bridgehead atoms. The van der Waals surface area contributed by atoms with Crippen molar-refractivity contribution in [3.05, 3.63) is 28.3 Å². The predicted octanol–water partition coefficient (Wildman–Crippen LogP) is 1.21. The third kappa shape index (κ3) is 3.52. The second kappa shape index (κ2) is 5.39. The van der Waals surface area contributed by atoms with Crippen LogP contribution < -0.4 is 11.1 Å². The summed E-state index contributed by atoms with van der Waals surface area (Å²) in [6.07, 6.45) is -4.65. The fourth-order valence-corrected chi connectivity index (χ4v) is 1.14. The molecule has 0 radical (unpaired) electrons. The molecule has 0 fully saturated rings. The minimum atomic E-state index is -2.85. The number of nitrogen functional groups attached to an aromatic ring is 1. The van der Waals surface area contributed by atoms with Crippen LogP contribution in [0.25, 0.3) is 0 Å². The molecule has 1 atom stereocenters. The third-order valence-electron chi connectivity index (χ3n) is 2.03. The zero-order valence-electron chi connectivity index (χ0n) is 8.64. The number of nitrogens with one attached hydrogen (secondary N) is 1. The Hall–Kier alpha value is -1.96. The Morgan fingerprint density at radius 1 is 1.53 bits per heavy atom. The van der Waals surface area contributed by atoms with Crippen LogP contribution in [0.1, 0.15) is 0 Å². The van der Waals surface area contributed by atoms with Gasteiger partial charge in [0, 0.05) is 18.3 Å². The normalized spacial score (nSPS) is 12.5. The molecule has 0 heterocycles. The number of nitrogens with two attached hydrogens (primary N) is 1. The Morgan fingerprint density at radius 2 is 2.18 bits per heavy atom. The van der Waals surface area contributed by atoms with Crippen molar-refractivity contribution in [2.45, 2.75) is 12.5 Å². The first-order valence-corrected chi connectivity index (χ1v) is 4.66. The first-order chi connectivity index (χ1) is 7.91. The summed E-state index contributed by atoms with van der Waals surface area (Å²) in [5, 5.41) is 21.8. The van der Waals surface area contributed by atoms with Gasteiger partial charge < -0.3 is 16.2 Å². The summed E-state index contributed by atoms with van der Waals surface area (Å²) in [6, 6.07) is 3.73. The SMILES string of the molecule is Nc1cc(NCC(O)C(F)F)ccc1[N+](=O)[O-]. The number of benzene rings is 1. The topological polar surface area (TPSA) is 101 Å². The fourth-order valence-electron chi connectivity index (χ4n) is 1.14. The Labute approximate surface area is 95.2 Å². The van der Waals surface area contributed by atoms with E-state index >= 15 is 0 Å². The van der Waals surface area contributed by atoms with Gasteiger partial charge in [0.05, 0.1) is 4.92 Å². The molecule has 0 aromatic heterocycles. The summed E-state index contributed by atoms with van der Waals surface area (Å²) in [4.78, 5) is 9.81. The van der Waals surface area contributed by atoms with Gasteiger partial charge in [0.15, 0.2) is 0 Å². The summed E-state index contributed by atoms with van der Waals surface area (Å²) >= 11 is 0. The highest BCUT2D eigenvalue weighted by Gasteiger charge is 2.17. The molecule has 0 saturated heterocycles. The van der Waals surface area contributed by atoms with Crippen molar-refractivity contribution < 1.29 is 18.8 Å². The molecule has 1 aromatic rings. The van der Waals surface area contributed by atoms with E-state index in [1.165, 1.54) is 12.1 Å². The van der Waals surface area contributed by atoms with E-state index < -0.39 is 17.5 Å². The van der Waals surface area contributed by atoms with Gasteiger partial charge in [-0.3, -0.25) is 10.1 Å². The highest BCUT2D eigenvalue weighted by atomic mass is 19.3. The minimum absolute atomic E-state index is 0.0773. The van der Waals surface area contributed by atoms with Crippen LogP contribution in [0.3, 0.4) is 0 Å². The van der Waals surface area contributed by atoms with Gasteiger partial charge in [0.25, 0.3) is 12.1 Å². The average Bonchev–Trinajstić information content (AvgIpc) is 2.25. The maximum Gasteiger partial charge on any atom is 0.292 e. The van der Waals surface area contributed by atoms with E-state index in [0.29, 0.717) is 5.69 Å². The van der Waals surface area contributed by atoms with Crippen molar-refractivity contribution >= 4 is 17.1 Å². The van der Waals surface area contributed by atoms with Gasteiger partial charge in [0.2, 0.25) is 0 Å². The molecule has 1 unspecified atom stereocenters. The summed E-state index contributed by atoms with van der Waals surface area (Å²) in [6.45, 7) is -0.366. The second-order valence-corrected chi connectivity index (χ2v) is 3.31. The van der Waals surface area contributed by atoms with Crippen LogP contribution in [0.4, 0.5) is 25.8 Å². The van der Waals surface area contributed by atoms with E-state index in [1.807, 2.05) is 0 Å². The number of anilines is 2. The number of aliphatic hydroxyl groups is 1. The Kier molecular flexibility index (Phi) is 4.16. The molecule has 0 aliphatic carbocycles. The standard InChI is InChI=1S/C9H11F2N3O3/c10-9(11)8(15)4-13-5-1-2-7(14(16)17)6(12)3-5/h1-3,8-9,13,15H,4,12H2. The van der Waals surface area contributed by atoms with Gasteiger partial charge in [0.1, 0.15) is 11.8 Å². The molecule has 0 amide bonds. The van der Waals surface area contributed by atoms with Crippen molar-refractivity contribution in [3.8, 4) is 0 Å². The fraction of sp³-hybridized carbons (Fsp3) is 0.333. The molecule has 6 nitrogen and oxygen atoms in total. The molecule has 94 valence electrons. The van der Waals surface area contributed by atoms with E-state index in [-0.39, 0.29) is 17.9 Å². The molecule has 0 aliphatic heterocycles. The number of nitro benzene ring substituents is 1. The number of hydrogen-bond acceptors (Lipinski definition) is 5. The molecular weight excluding hydrogens is 236 g/mol. The average molecular weight is 247 g/mol. The van der Waals surface area contributed by atoms with Gasteiger partial charge in [-0.2, -0.15) is 0 Å². The summed E-state index contributed by atoms with van der Waals surface area (Å²) in [5.41, 5.74) is 5.39. The third-order valence-corrected chi connectivity index (χ3v) is 2.03.